The summed E-state index contributed by atoms with van der Waals surface area (Å²) in [6, 6.07) is 15.0. The van der Waals surface area contributed by atoms with Crippen LogP contribution >= 0.6 is 0 Å². The first kappa shape index (κ1) is 17.2. The highest BCUT2D eigenvalue weighted by molar-refractivity contribution is 6.07. The predicted molar refractivity (Wildman–Crippen MR) is 100 cm³/mol. The molecule has 2 aromatic carbocycles. The molecule has 3 rings (SSSR count). The molecule has 0 aromatic heterocycles. The van der Waals surface area contributed by atoms with Gasteiger partial charge in [-0.15, -0.1) is 0 Å². The number of unbranched alkanes of at least 4 members (excludes halogenated alkanes) is 1. The highest BCUT2D eigenvalue weighted by Crippen LogP contribution is 2.29. The fourth-order valence-corrected chi connectivity index (χ4v) is 3.17. The molecule has 4 heteroatoms. The van der Waals surface area contributed by atoms with E-state index in [4.69, 9.17) is 0 Å². The molecule has 0 atom stereocenters. The molecule has 0 aliphatic carbocycles. The van der Waals surface area contributed by atoms with Gasteiger partial charge in [0.25, 0.3) is 11.8 Å². The molecule has 1 N–H and O–H groups in total. The highest BCUT2D eigenvalue weighted by Gasteiger charge is 2.24. The Kier molecular flexibility index (Phi) is 5.49. The van der Waals surface area contributed by atoms with Gasteiger partial charge in [-0.25, -0.2) is 0 Å². The summed E-state index contributed by atoms with van der Waals surface area (Å²) in [6.45, 7) is 3.51. The maximum atomic E-state index is 12.8. The van der Waals surface area contributed by atoms with Gasteiger partial charge in [-0.2, -0.15) is 0 Å². The number of hydrogen-bond acceptors (Lipinski definition) is 2. The lowest BCUT2D eigenvalue weighted by Crippen LogP contribution is -2.35. The lowest BCUT2D eigenvalue weighted by Gasteiger charge is -2.30. The second-order valence-corrected chi connectivity index (χ2v) is 6.38. The van der Waals surface area contributed by atoms with Gasteiger partial charge in [-0.1, -0.05) is 31.5 Å². The Bertz CT molecular complexity index is 756. The van der Waals surface area contributed by atoms with Crippen molar-refractivity contribution >= 4 is 17.5 Å². The molecule has 1 aliphatic rings. The molecule has 1 heterocycles. The molecule has 0 saturated heterocycles. The van der Waals surface area contributed by atoms with Crippen molar-refractivity contribution in [3.63, 3.8) is 0 Å². The van der Waals surface area contributed by atoms with Gasteiger partial charge in [0.1, 0.15) is 0 Å². The van der Waals surface area contributed by atoms with Crippen LogP contribution in [0.15, 0.2) is 48.5 Å². The van der Waals surface area contributed by atoms with Gasteiger partial charge in [-0.3, -0.25) is 9.59 Å². The molecule has 0 unspecified atom stereocenters. The largest absolute Gasteiger partial charge is 0.352 e. The monoisotopic (exact) mass is 336 g/mol. The van der Waals surface area contributed by atoms with E-state index in [1.165, 1.54) is 0 Å². The highest BCUT2D eigenvalue weighted by atomic mass is 16.2. The third kappa shape index (κ3) is 3.90. The summed E-state index contributed by atoms with van der Waals surface area (Å²) in [6.07, 6.45) is 3.84. The number of nitrogens with one attached hydrogen (secondary N) is 1. The lowest BCUT2D eigenvalue weighted by molar-refractivity contribution is 0.0952. The van der Waals surface area contributed by atoms with Crippen LogP contribution in [0.2, 0.25) is 0 Å². The smallest absolute Gasteiger partial charge is 0.258 e. The van der Waals surface area contributed by atoms with Gasteiger partial charge in [0, 0.05) is 29.9 Å². The molecule has 130 valence electrons. The van der Waals surface area contributed by atoms with Crippen LogP contribution in [-0.2, 0) is 6.42 Å². The van der Waals surface area contributed by atoms with Crippen molar-refractivity contribution in [1.29, 1.82) is 0 Å². The Balaban J connectivity index is 1.80. The molecular formula is C21H24N2O2. The van der Waals surface area contributed by atoms with Gasteiger partial charge in [0.05, 0.1) is 0 Å². The first-order valence-corrected chi connectivity index (χ1v) is 8.98. The number of rotatable bonds is 5. The number of fused-ring (bicyclic) bond motifs is 1. The SMILES string of the molecule is CCCCNC(=O)c1ccc2c(c1)CCCN2C(=O)c1ccccc1. The van der Waals surface area contributed by atoms with Crippen LogP contribution < -0.4 is 10.2 Å². The van der Waals surface area contributed by atoms with Crippen molar-refractivity contribution in [2.75, 3.05) is 18.0 Å². The molecule has 0 radical (unpaired) electrons. The first-order valence-electron chi connectivity index (χ1n) is 8.98. The Labute approximate surface area is 148 Å². The summed E-state index contributed by atoms with van der Waals surface area (Å²) >= 11 is 0. The van der Waals surface area contributed by atoms with Gasteiger partial charge in [-0.05, 0) is 55.2 Å². The van der Waals surface area contributed by atoms with Gasteiger partial charge < -0.3 is 10.2 Å². The second-order valence-electron chi connectivity index (χ2n) is 6.38. The Morgan fingerprint density at radius 1 is 1.08 bits per heavy atom. The summed E-state index contributed by atoms with van der Waals surface area (Å²) in [7, 11) is 0. The van der Waals surface area contributed by atoms with Crippen molar-refractivity contribution < 1.29 is 9.59 Å². The van der Waals surface area contributed by atoms with E-state index in [0.29, 0.717) is 24.2 Å². The quantitative estimate of drug-likeness (QED) is 0.844. The summed E-state index contributed by atoms with van der Waals surface area (Å²) < 4.78 is 0. The van der Waals surface area contributed by atoms with E-state index in [2.05, 4.69) is 12.2 Å². The van der Waals surface area contributed by atoms with Crippen LogP contribution in [0.1, 0.15) is 52.5 Å². The van der Waals surface area contributed by atoms with Crippen LogP contribution in [0, 0.1) is 0 Å². The first-order chi connectivity index (χ1) is 12.2. The molecule has 4 nitrogen and oxygen atoms in total. The van der Waals surface area contributed by atoms with E-state index in [0.717, 1.165) is 36.9 Å². The zero-order chi connectivity index (χ0) is 17.6. The average molecular weight is 336 g/mol. The van der Waals surface area contributed by atoms with Crippen molar-refractivity contribution in [3.05, 3.63) is 65.2 Å². The van der Waals surface area contributed by atoms with Crippen LogP contribution in [0.25, 0.3) is 0 Å². The fourth-order valence-electron chi connectivity index (χ4n) is 3.17. The molecule has 0 fully saturated rings. The van der Waals surface area contributed by atoms with E-state index in [1.54, 1.807) is 0 Å². The standard InChI is InChI=1S/C21H24N2O2/c1-2-3-13-22-20(24)18-11-12-19-17(15-18)10-7-14-23(19)21(25)16-8-5-4-6-9-16/h4-6,8-9,11-12,15H,2-3,7,10,13-14H2,1H3,(H,22,24). The van der Waals surface area contributed by atoms with Gasteiger partial charge >= 0.3 is 0 Å². The Hall–Kier alpha value is -2.62. The zero-order valence-corrected chi connectivity index (χ0v) is 14.6. The number of anilines is 1. The summed E-state index contributed by atoms with van der Waals surface area (Å²) in [5.74, 6) is -0.0237. The van der Waals surface area contributed by atoms with E-state index in [9.17, 15) is 9.59 Å². The van der Waals surface area contributed by atoms with Crippen LogP contribution in [-0.4, -0.2) is 24.9 Å². The van der Waals surface area contributed by atoms with Gasteiger partial charge in [0.15, 0.2) is 0 Å². The Morgan fingerprint density at radius 3 is 2.64 bits per heavy atom. The number of hydrogen-bond donors (Lipinski definition) is 1. The summed E-state index contributed by atoms with van der Waals surface area (Å²) in [4.78, 5) is 26.9. The molecular weight excluding hydrogens is 312 g/mol. The van der Waals surface area contributed by atoms with Gasteiger partial charge in [0.2, 0.25) is 0 Å². The average Bonchev–Trinajstić information content (AvgIpc) is 2.67. The number of benzene rings is 2. The molecule has 0 spiro atoms. The minimum atomic E-state index is -0.0391. The third-order valence-corrected chi connectivity index (χ3v) is 4.54. The van der Waals surface area contributed by atoms with Crippen molar-refractivity contribution in [1.82, 2.24) is 5.32 Å². The van der Waals surface area contributed by atoms with E-state index in [1.807, 2.05) is 53.4 Å². The number of aryl methyl sites for hydroxylation is 1. The van der Waals surface area contributed by atoms with Crippen LogP contribution in [0.4, 0.5) is 5.69 Å². The van der Waals surface area contributed by atoms with E-state index >= 15 is 0 Å². The normalized spacial score (nSPS) is 13.2. The molecule has 2 amide bonds. The predicted octanol–water partition coefficient (Wildman–Crippen LogP) is 3.81. The van der Waals surface area contributed by atoms with Crippen molar-refractivity contribution in [2.45, 2.75) is 32.6 Å². The molecule has 0 bridgehead atoms. The van der Waals surface area contributed by atoms with Crippen molar-refractivity contribution in [3.8, 4) is 0 Å². The van der Waals surface area contributed by atoms with E-state index < -0.39 is 0 Å². The number of amides is 2. The molecule has 0 saturated carbocycles. The maximum Gasteiger partial charge on any atom is 0.258 e. The number of carbonyl (C=O) groups is 2. The summed E-state index contributed by atoms with van der Waals surface area (Å²) in [5, 5.41) is 2.95. The molecule has 2 aromatic rings. The zero-order valence-electron chi connectivity index (χ0n) is 14.6. The topological polar surface area (TPSA) is 49.4 Å². The van der Waals surface area contributed by atoms with Crippen molar-refractivity contribution in [2.24, 2.45) is 0 Å². The molecule has 1 aliphatic heterocycles. The fraction of sp³-hybridized carbons (Fsp3) is 0.333. The Morgan fingerprint density at radius 2 is 1.88 bits per heavy atom. The molecule has 25 heavy (non-hydrogen) atoms. The summed E-state index contributed by atoms with van der Waals surface area (Å²) in [5.41, 5.74) is 3.35. The third-order valence-electron chi connectivity index (χ3n) is 4.54. The minimum Gasteiger partial charge on any atom is -0.352 e. The number of carbonyl (C=O) groups excluding carboxylic acids is 2. The second kappa shape index (κ2) is 7.97. The van der Waals surface area contributed by atoms with E-state index in [-0.39, 0.29) is 11.8 Å². The maximum absolute atomic E-state index is 12.8. The van der Waals surface area contributed by atoms with Crippen LogP contribution in [0.5, 0.6) is 0 Å². The minimum absolute atomic E-state index is 0.0155. The number of nitrogens with zero attached hydrogens (tertiary/aromatic N) is 1. The van der Waals surface area contributed by atoms with Crippen LogP contribution in [0.3, 0.4) is 0 Å². The lowest BCUT2D eigenvalue weighted by atomic mass is 9.98.